The molecule has 3 nitrogen and oxygen atoms in total. The van der Waals surface area contributed by atoms with Crippen LogP contribution in [0.15, 0.2) is 35.3 Å². The minimum absolute atomic E-state index is 0.368. The van der Waals surface area contributed by atoms with Crippen LogP contribution >= 0.6 is 11.8 Å². The lowest BCUT2D eigenvalue weighted by Gasteiger charge is -2.15. The molecule has 4 heteroatoms. The smallest absolute Gasteiger partial charge is 0.158 e. The molecule has 0 saturated carbocycles. The predicted molar refractivity (Wildman–Crippen MR) is 77.9 cm³/mol. The van der Waals surface area contributed by atoms with E-state index in [2.05, 4.69) is 45.5 Å². The summed E-state index contributed by atoms with van der Waals surface area (Å²) in [6.45, 7) is 3.37. The molecule has 1 saturated heterocycles. The maximum absolute atomic E-state index is 4.60. The van der Waals surface area contributed by atoms with Crippen LogP contribution in [0.1, 0.15) is 24.4 Å². The fraction of sp³-hybridized carbons (Fsp3) is 0.500. The van der Waals surface area contributed by atoms with Gasteiger partial charge >= 0.3 is 0 Å². The van der Waals surface area contributed by atoms with Gasteiger partial charge in [-0.3, -0.25) is 9.89 Å². The van der Waals surface area contributed by atoms with Gasteiger partial charge in [-0.1, -0.05) is 42.1 Å². The number of likely N-dealkylation sites (tertiary alicyclic amines) is 1. The van der Waals surface area contributed by atoms with Crippen LogP contribution in [0.25, 0.3) is 0 Å². The van der Waals surface area contributed by atoms with Crippen molar-refractivity contribution in [2.45, 2.75) is 18.9 Å². The van der Waals surface area contributed by atoms with Crippen molar-refractivity contribution in [3.05, 3.63) is 35.9 Å². The average Bonchev–Trinajstić information content (AvgIpc) is 3.09. The summed E-state index contributed by atoms with van der Waals surface area (Å²) in [6, 6.07) is 10.9. The Hall–Kier alpha value is -1.00. The highest BCUT2D eigenvalue weighted by Gasteiger charge is 2.20. The van der Waals surface area contributed by atoms with Crippen LogP contribution in [0.5, 0.6) is 0 Å². The Morgan fingerprint density at radius 3 is 2.78 bits per heavy atom. The SMILES string of the molecule is c1ccc(C2CN=C(SCN3CCCC3)N2)cc1. The number of thioether (sulfide) groups is 1. The number of benzene rings is 1. The molecule has 0 aliphatic carbocycles. The molecule has 2 aliphatic rings. The summed E-state index contributed by atoms with van der Waals surface area (Å²) in [5.74, 6) is 1.08. The van der Waals surface area contributed by atoms with E-state index in [0.717, 1.165) is 17.6 Å². The number of hydrogen-bond donors (Lipinski definition) is 1. The van der Waals surface area contributed by atoms with Crippen LogP contribution in [0, 0.1) is 0 Å². The zero-order chi connectivity index (χ0) is 12.2. The van der Waals surface area contributed by atoms with Gasteiger partial charge in [-0.15, -0.1) is 0 Å². The molecule has 0 bridgehead atoms. The molecule has 0 amide bonds. The fourth-order valence-corrected chi connectivity index (χ4v) is 3.39. The van der Waals surface area contributed by atoms with Crippen molar-refractivity contribution >= 4 is 16.9 Å². The van der Waals surface area contributed by atoms with Crippen LogP contribution < -0.4 is 5.32 Å². The number of aliphatic imine (C=N–C) groups is 1. The van der Waals surface area contributed by atoms with Crippen molar-refractivity contribution in [2.24, 2.45) is 4.99 Å². The Kier molecular flexibility index (Phi) is 3.86. The van der Waals surface area contributed by atoms with E-state index in [-0.39, 0.29) is 0 Å². The van der Waals surface area contributed by atoms with E-state index < -0.39 is 0 Å². The molecule has 1 unspecified atom stereocenters. The summed E-state index contributed by atoms with van der Waals surface area (Å²) in [4.78, 5) is 7.10. The molecule has 1 N–H and O–H groups in total. The second kappa shape index (κ2) is 5.76. The zero-order valence-corrected chi connectivity index (χ0v) is 11.3. The predicted octanol–water partition coefficient (Wildman–Crippen LogP) is 2.47. The van der Waals surface area contributed by atoms with Gasteiger partial charge in [-0.25, -0.2) is 0 Å². The van der Waals surface area contributed by atoms with Gasteiger partial charge in [0.05, 0.1) is 18.5 Å². The van der Waals surface area contributed by atoms with Crippen molar-refractivity contribution in [1.29, 1.82) is 0 Å². The summed E-state index contributed by atoms with van der Waals surface area (Å²) in [5, 5.41) is 4.62. The molecule has 1 atom stereocenters. The van der Waals surface area contributed by atoms with Gasteiger partial charge in [0, 0.05) is 0 Å². The van der Waals surface area contributed by atoms with Crippen LogP contribution in [0.2, 0.25) is 0 Å². The van der Waals surface area contributed by atoms with E-state index in [9.17, 15) is 0 Å². The molecule has 3 rings (SSSR count). The highest BCUT2D eigenvalue weighted by molar-refractivity contribution is 8.13. The first kappa shape index (κ1) is 12.1. The van der Waals surface area contributed by atoms with Gasteiger partial charge in [-0.05, 0) is 31.5 Å². The third kappa shape index (κ3) is 2.87. The molecule has 96 valence electrons. The van der Waals surface area contributed by atoms with Crippen LogP contribution in [0.3, 0.4) is 0 Å². The Bertz CT molecular complexity index is 412. The number of nitrogens with zero attached hydrogens (tertiary/aromatic N) is 2. The summed E-state index contributed by atoms with van der Waals surface area (Å²) >= 11 is 1.84. The van der Waals surface area contributed by atoms with Crippen molar-refractivity contribution in [3.8, 4) is 0 Å². The molecule has 0 radical (unpaired) electrons. The second-order valence-corrected chi connectivity index (χ2v) is 5.79. The van der Waals surface area contributed by atoms with Gasteiger partial charge in [0.2, 0.25) is 0 Å². The summed E-state index contributed by atoms with van der Waals surface area (Å²) in [7, 11) is 0. The summed E-state index contributed by atoms with van der Waals surface area (Å²) in [6.07, 6.45) is 2.71. The molecule has 1 fully saturated rings. The Morgan fingerprint density at radius 2 is 2.00 bits per heavy atom. The highest BCUT2D eigenvalue weighted by atomic mass is 32.2. The maximum Gasteiger partial charge on any atom is 0.158 e. The first-order chi connectivity index (χ1) is 8.92. The van der Waals surface area contributed by atoms with Crippen LogP contribution in [-0.4, -0.2) is 35.6 Å². The zero-order valence-electron chi connectivity index (χ0n) is 10.5. The van der Waals surface area contributed by atoms with Crippen LogP contribution in [0.4, 0.5) is 0 Å². The van der Waals surface area contributed by atoms with Gasteiger partial charge in [-0.2, -0.15) is 0 Å². The number of rotatable bonds is 3. The lowest BCUT2D eigenvalue weighted by Crippen LogP contribution is -2.24. The van der Waals surface area contributed by atoms with Crippen LogP contribution in [-0.2, 0) is 0 Å². The first-order valence-electron chi connectivity index (χ1n) is 6.63. The highest BCUT2D eigenvalue weighted by Crippen LogP contribution is 2.21. The summed E-state index contributed by atoms with van der Waals surface area (Å²) in [5.41, 5.74) is 1.33. The van der Waals surface area contributed by atoms with Crippen molar-refractivity contribution in [3.63, 3.8) is 0 Å². The topological polar surface area (TPSA) is 27.6 Å². The molecule has 2 aliphatic heterocycles. The van der Waals surface area contributed by atoms with Crippen molar-refractivity contribution in [2.75, 3.05) is 25.5 Å². The Morgan fingerprint density at radius 1 is 1.22 bits per heavy atom. The quantitative estimate of drug-likeness (QED) is 0.906. The third-order valence-electron chi connectivity index (χ3n) is 3.50. The molecular weight excluding hydrogens is 242 g/mol. The van der Waals surface area contributed by atoms with E-state index in [1.54, 1.807) is 0 Å². The molecule has 0 spiro atoms. The van der Waals surface area contributed by atoms with Crippen molar-refractivity contribution < 1.29 is 0 Å². The minimum Gasteiger partial charge on any atom is -0.356 e. The first-order valence-corrected chi connectivity index (χ1v) is 7.61. The molecule has 18 heavy (non-hydrogen) atoms. The van der Waals surface area contributed by atoms with E-state index >= 15 is 0 Å². The normalized spacial score (nSPS) is 24.0. The number of amidine groups is 1. The Balaban J connectivity index is 1.49. The van der Waals surface area contributed by atoms with E-state index in [4.69, 9.17) is 0 Å². The van der Waals surface area contributed by atoms with Crippen molar-refractivity contribution in [1.82, 2.24) is 10.2 Å². The monoisotopic (exact) mass is 261 g/mol. The lowest BCUT2D eigenvalue weighted by atomic mass is 10.1. The molecular formula is C14H19N3S. The van der Waals surface area contributed by atoms with Gasteiger partial charge in [0.1, 0.15) is 0 Å². The van der Waals surface area contributed by atoms with E-state index in [0.29, 0.717) is 6.04 Å². The Labute approximate surface area is 113 Å². The molecule has 0 aromatic heterocycles. The number of hydrogen-bond acceptors (Lipinski definition) is 4. The molecule has 1 aromatic rings. The number of nitrogens with one attached hydrogen (secondary N) is 1. The van der Waals surface area contributed by atoms with Gasteiger partial charge in [0.25, 0.3) is 0 Å². The van der Waals surface area contributed by atoms with Gasteiger partial charge in [0.15, 0.2) is 5.17 Å². The lowest BCUT2D eigenvalue weighted by molar-refractivity contribution is 0.402. The fourth-order valence-electron chi connectivity index (χ4n) is 2.44. The van der Waals surface area contributed by atoms with E-state index in [1.807, 2.05) is 11.8 Å². The minimum atomic E-state index is 0.368. The average molecular weight is 261 g/mol. The summed E-state index contributed by atoms with van der Waals surface area (Å²) < 4.78 is 0. The standard InChI is InChI=1S/C14H19N3S/c1-2-6-12(7-3-1)13-10-15-14(16-13)18-11-17-8-4-5-9-17/h1-3,6-7,13H,4-5,8-11H2,(H,15,16). The van der Waals surface area contributed by atoms with E-state index in [1.165, 1.54) is 31.5 Å². The van der Waals surface area contributed by atoms with Gasteiger partial charge < -0.3 is 5.32 Å². The maximum atomic E-state index is 4.60. The molecule has 2 heterocycles. The third-order valence-corrected chi connectivity index (χ3v) is 4.51. The largest absolute Gasteiger partial charge is 0.356 e. The second-order valence-electron chi connectivity index (χ2n) is 4.85. The molecule has 1 aromatic carbocycles.